The smallest absolute Gasteiger partial charge is 0.320 e. The van der Waals surface area contributed by atoms with Crippen LogP contribution in [-0.4, -0.2) is 81.7 Å². The molecule has 4 amide bonds. The number of aliphatic hydroxyl groups excluding tert-OH is 2. The predicted octanol–water partition coefficient (Wildman–Crippen LogP) is 3.35. The van der Waals surface area contributed by atoms with Gasteiger partial charge in [-0.1, -0.05) is 74.5 Å². The van der Waals surface area contributed by atoms with Gasteiger partial charge in [-0.2, -0.15) is 0 Å². The van der Waals surface area contributed by atoms with Crippen molar-refractivity contribution in [2.45, 2.75) is 83.8 Å². The zero-order chi connectivity index (χ0) is 34.8. The largest absolute Gasteiger partial charge is 0.508 e. The van der Waals surface area contributed by atoms with Crippen molar-refractivity contribution in [3.05, 3.63) is 95.1 Å². The SMILES string of the molecule is Cc1cccc(C)c1OCC(=O)N[C@@H](Cc1ccccc1)[C@@H](O)C[C@H](Cc1ccc(O)cc1)NC(=O)[C@H](C(C)C)N1CCC(O)NC1=O. The molecule has 6 N–H and O–H groups in total. The van der Waals surface area contributed by atoms with Gasteiger partial charge in [-0.15, -0.1) is 0 Å². The molecule has 5 atom stereocenters. The van der Waals surface area contributed by atoms with E-state index in [0.29, 0.717) is 18.6 Å². The number of aliphatic hydroxyl groups is 2. The van der Waals surface area contributed by atoms with Crippen LogP contribution in [0.2, 0.25) is 0 Å². The number of benzene rings is 3. The number of para-hydroxylation sites is 1. The van der Waals surface area contributed by atoms with E-state index in [4.69, 9.17) is 4.74 Å². The van der Waals surface area contributed by atoms with Gasteiger partial charge in [0.2, 0.25) is 5.91 Å². The molecule has 1 fully saturated rings. The minimum atomic E-state index is -1.08. The standard InChI is InChI=1S/C37H48N4O7/c1-23(2)34(41-18-17-32(44)40-37(41)47)36(46)38-28(19-27-13-15-29(42)16-14-27)21-31(43)30(20-26-11-6-5-7-12-26)39-33(45)22-48-35-24(3)9-8-10-25(35)4/h5-16,23,28,30-32,34,42-44H,17-22H2,1-4H3,(H,38,46)(H,39,45)(H,40,47)/t28-,30-,31-,32?,34-/m0/s1. The summed E-state index contributed by atoms with van der Waals surface area (Å²) >= 11 is 0. The van der Waals surface area contributed by atoms with Crippen LogP contribution < -0.4 is 20.7 Å². The topological polar surface area (TPSA) is 160 Å². The van der Waals surface area contributed by atoms with Gasteiger partial charge in [0.15, 0.2) is 6.61 Å². The molecule has 11 heteroatoms. The normalized spacial score (nSPS) is 17.2. The maximum Gasteiger partial charge on any atom is 0.320 e. The van der Waals surface area contributed by atoms with Gasteiger partial charge in [-0.25, -0.2) is 4.79 Å². The molecule has 1 unspecified atom stereocenters. The first-order valence-electron chi connectivity index (χ1n) is 16.4. The molecule has 4 rings (SSSR count). The summed E-state index contributed by atoms with van der Waals surface area (Å²) in [6, 6.07) is 19.2. The second-order valence-corrected chi connectivity index (χ2v) is 12.9. The molecule has 11 nitrogen and oxygen atoms in total. The average Bonchev–Trinajstić information content (AvgIpc) is 3.03. The summed E-state index contributed by atoms with van der Waals surface area (Å²) in [6.45, 7) is 7.49. The molecule has 0 bridgehead atoms. The summed E-state index contributed by atoms with van der Waals surface area (Å²) in [5.74, 6) is -0.285. The van der Waals surface area contributed by atoms with Crippen molar-refractivity contribution in [2.24, 2.45) is 5.92 Å². The van der Waals surface area contributed by atoms with Crippen LogP contribution in [0.25, 0.3) is 0 Å². The molecule has 48 heavy (non-hydrogen) atoms. The van der Waals surface area contributed by atoms with Crippen molar-refractivity contribution < 1.29 is 34.4 Å². The van der Waals surface area contributed by atoms with E-state index in [1.54, 1.807) is 24.3 Å². The summed E-state index contributed by atoms with van der Waals surface area (Å²) < 4.78 is 5.88. The Kier molecular flexibility index (Phi) is 12.8. The number of phenolic OH excluding ortho intramolecular Hbond substituents is 1. The molecule has 1 saturated heterocycles. The molecule has 1 aliphatic heterocycles. The predicted molar refractivity (Wildman–Crippen MR) is 182 cm³/mol. The summed E-state index contributed by atoms with van der Waals surface area (Å²) in [4.78, 5) is 41.3. The van der Waals surface area contributed by atoms with Gasteiger partial charge in [0.1, 0.15) is 23.8 Å². The van der Waals surface area contributed by atoms with Gasteiger partial charge in [0, 0.05) is 19.0 Å². The van der Waals surface area contributed by atoms with E-state index in [-0.39, 0.29) is 37.7 Å². The lowest BCUT2D eigenvalue weighted by Gasteiger charge is -2.38. The minimum Gasteiger partial charge on any atom is -0.508 e. The third kappa shape index (κ3) is 10.2. The first-order valence-corrected chi connectivity index (χ1v) is 16.4. The molecular weight excluding hydrogens is 612 g/mol. The summed E-state index contributed by atoms with van der Waals surface area (Å²) in [7, 11) is 0. The highest BCUT2D eigenvalue weighted by Gasteiger charge is 2.37. The summed E-state index contributed by atoms with van der Waals surface area (Å²) in [5, 5.41) is 39.9. The van der Waals surface area contributed by atoms with Gasteiger partial charge >= 0.3 is 6.03 Å². The van der Waals surface area contributed by atoms with Crippen molar-refractivity contribution in [1.29, 1.82) is 0 Å². The first kappa shape index (κ1) is 36.2. The number of ether oxygens (including phenoxy) is 1. The Bertz CT molecular complexity index is 1500. The molecule has 0 saturated carbocycles. The van der Waals surface area contributed by atoms with Gasteiger partial charge < -0.3 is 40.9 Å². The van der Waals surface area contributed by atoms with E-state index in [1.807, 2.05) is 76.2 Å². The zero-order valence-corrected chi connectivity index (χ0v) is 28.1. The maximum atomic E-state index is 13.9. The van der Waals surface area contributed by atoms with E-state index in [2.05, 4.69) is 16.0 Å². The van der Waals surface area contributed by atoms with E-state index in [1.165, 1.54) is 4.90 Å². The number of amides is 4. The van der Waals surface area contributed by atoms with E-state index >= 15 is 0 Å². The number of carbonyl (C=O) groups is 3. The molecular formula is C37H48N4O7. The number of rotatable bonds is 15. The Morgan fingerprint density at radius 3 is 2.21 bits per heavy atom. The molecule has 3 aromatic carbocycles. The molecule has 0 aliphatic carbocycles. The van der Waals surface area contributed by atoms with Crippen LogP contribution in [0.5, 0.6) is 11.5 Å². The second kappa shape index (κ2) is 17.0. The van der Waals surface area contributed by atoms with Crippen LogP contribution in [0.4, 0.5) is 4.79 Å². The molecule has 0 radical (unpaired) electrons. The lowest BCUT2D eigenvalue weighted by atomic mass is 9.92. The summed E-state index contributed by atoms with van der Waals surface area (Å²) in [5.41, 5.74) is 3.55. The van der Waals surface area contributed by atoms with Crippen LogP contribution >= 0.6 is 0 Å². The lowest BCUT2D eigenvalue weighted by Crippen LogP contribution is -2.61. The first-order chi connectivity index (χ1) is 22.9. The third-order valence-corrected chi connectivity index (χ3v) is 8.59. The number of hydrogen-bond acceptors (Lipinski definition) is 7. The molecule has 1 heterocycles. The van der Waals surface area contributed by atoms with Gasteiger partial charge in [-0.05, 0) is 73.4 Å². The number of aromatic hydroxyl groups is 1. The van der Waals surface area contributed by atoms with Crippen LogP contribution in [0.1, 0.15) is 48.9 Å². The number of phenols is 1. The van der Waals surface area contributed by atoms with Gasteiger partial charge in [0.25, 0.3) is 5.91 Å². The Hall–Kier alpha value is -4.61. The van der Waals surface area contributed by atoms with Crippen LogP contribution in [0.3, 0.4) is 0 Å². The number of aryl methyl sites for hydroxylation is 2. The molecule has 258 valence electrons. The number of nitrogens with one attached hydrogen (secondary N) is 3. The van der Waals surface area contributed by atoms with Crippen molar-refractivity contribution in [3.63, 3.8) is 0 Å². The monoisotopic (exact) mass is 660 g/mol. The Morgan fingerprint density at radius 2 is 1.58 bits per heavy atom. The van der Waals surface area contributed by atoms with Crippen LogP contribution in [0, 0.1) is 19.8 Å². The van der Waals surface area contributed by atoms with Crippen LogP contribution in [0.15, 0.2) is 72.8 Å². The molecule has 1 aliphatic rings. The second-order valence-electron chi connectivity index (χ2n) is 12.9. The Balaban J connectivity index is 1.54. The van der Waals surface area contributed by atoms with Gasteiger partial charge in [0.05, 0.1) is 12.1 Å². The van der Waals surface area contributed by atoms with E-state index in [9.17, 15) is 29.7 Å². The molecule has 0 aromatic heterocycles. The van der Waals surface area contributed by atoms with Crippen LogP contribution in [-0.2, 0) is 22.4 Å². The summed E-state index contributed by atoms with van der Waals surface area (Å²) in [6.07, 6.45) is -1.03. The Morgan fingerprint density at radius 1 is 0.938 bits per heavy atom. The fourth-order valence-corrected chi connectivity index (χ4v) is 6.15. The molecule has 0 spiro atoms. The number of urea groups is 1. The average molecular weight is 661 g/mol. The van der Waals surface area contributed by atoms with E-state index in [0.717, 1.165) is 22.3 Å². The van der Waals surface area contributed by atoms with Crippen molar-refractivity contribution in [3.8, 4) is 11.5 Å². The highest BCUT2D eigenvalue weighted by atomic mass is 16.5. The van der Waals surface area contributed by atoms with Gasteiger partial charge in [-0.3, -0.25) is 9.59 Å². The number of nitrogens with zero attached hydrogens (tertiary/aromatic N) is 1. The molecule has 3 aromatic rings. The lowest BCUT2D eigenvalue weighted by molar-refractivity contribution is -0.129. The van der Waals surface area contributed by atoms with Crippen molar-refractivity contribution in [1.82, 2.24) is 20.9 Å². The highest BCUT2D eigenvalue weighted by molar-refractivity contribution is 5.88. The maximum absolute atomic E-state index is 13.9. The minimum absolute atomic E-state index is 0.0812. The Labute approximate surface area is 282 Å². The quantitative estimate of drug-likeness (QED) is 0.146. The zero-order valence-electron chi connectivity index (χ0n) is 28.1. The van der Waals surface area contributed by atoms with Crippen molar-refractivity contribution >= 4 is 17.8 Å². The number of carbonyl (C=O) groups excluding carboxylic acids is 3. The van der Waals surface area contributed by atoms with E-state index < -0.39 is 48.3 Å². The van der Waals surface area contributed by atoms with Crippen molar-refractivity contribution in [2.75, 3.05) is 13.2 Å². The fourth-order valence-electron chi connectivity index (χ4n) is 6.15. The number of hydrogen-bond donors (Lipinski definition) is 6. The fraction of sp³-hybridized carbons (Fsp3) is 0.432. The third-order valence-electron chi connectivity index (χ3n) is 8.59. The highest BCUT2D eigenvalue weighted by Crippen LogP contribution is 2.23.